The largest absolute Gasteiger partial charge is 0.478 e. The van der Waals surface area contributed by atoms with Crippen molar-refractivity contribution >= 4 is 17.7 Å². The van der Waals surface area contributed by atoms with E-state index in [9.17, 15) is 14.0 Å². The number of furan rings is 1. The highest BCUT2D eigenvalue weighted by Crippen LogP contribution is 2.18. The number of rotatable bonds is 5. The highest BCUT2D eigenvalue weighted by atomic mass is 19.1. The van der Waals surface area contributed by atoms with E-state index in [0.29, 0.717) is 18.7 Å². The first-order chi connectivity index (χ1) is 10.1. The first kappa shape index (κ1) is 14.6. The van der Waals surface area contributed by atoms with Crippen LogP contribution in [-0.4, -0.2) is 23.7 Å². The molecule has 0 unspecified atom stereocenters. The van der Waals surface area contributed by atoms with E-state index in [2.05, 4.69) is 10.6 Å². The third kappa shape index (κ3) is 3.82. The van der Waals surface area contributed by atoms with Crippen molar-refractivity contribution in [2.24, 2.45) is 0 Å². The van der Waals surface area contributed by atoms with Gasteiger partial charge in [-0.15, -0.1) is 0 Å². The Morgan fingerprint density at radius 2 is 2.05 bits per heavy atom. The number of carbonyl (C=O) groups excluding carboxylic acids is 1. The van der Waals surface area contributed by atoms with E-state index in [1.807, 2.05) is 0 Å². The third-order valence-electron chi connectivity index (χ3n) is 2.71. The summed E-state index contributed by atoms with van der Waals surface area (Å²) in [4.78, 5) is 22.6. The zero-order chi connectivity index (χ0) is 15.2. The molecule has 7 heteroatoms. The molecule has 2 rings (SSSR count). The van der Waals surface area contributed by atoms with Crippen molar-refractivity contribution in [1.82, 2.24) is 5.32 Å². The molecule has 3 N–H and O–H groups in total. The Balaban J connectivity index is 1.93. The Kier molecular flexibility index (Phi) is 4.55. The summed E-state index contributed by atoms with van der Waals surface area (Å²) >= 11 is 0. The Hall–Kier alpha value is -2.83. The number of anilines is 1. The van der Waals surface area contributed by atoms with Gasteiger partial charge in [0.25, 0.3) is 0 Å². The molecular formula is C14H13FN2O4. The smallest absolute Gasteiger partial charge is 0.340 e. The number of benzene rings is 1. The van der Waals surface area contributed by atoms with Crippen LogP contribution in [0.4, 0.5) is 14.9 Å². The van der Waals surface area contributed by atoms with Crippen molar-refractivity contribution in [1.29, 1.82) is 0 Å². The molecule has 0 fully saturated rings. The van der Waals surface area contributed by atoms with Crippen LogP contribution < -0.4 is 10.6 Å². The molecule has 0 saturated heterocycles. The molecule has 1 aromatic heterocycles. The molecule has 0 aliphatic heterocycles. The number of carbonyl (C=O) groups is 2. The molecule has 2 amide bonds. The van der Waals surface area contributed by atoms with E-state index in [4.69, 9.17) is 9.52 Å². The first-order valence-electron chi connectivity index (χ1n) is 6.17. The van der Waals surface area contributed by atoms with E-state index in [-0.39, 0.29) is 5.69 Å². The number of amides is 2. The predicted molar refractivity (Wildman–Crippen MR) is 72.8 cm³/mol. The highest BCUT2D eigenvalue weighted by molar-refractivity contribution is 6.00. The minimum Gasteiger partial charge on any atom is -0.478 e. The van der Waals surface area contributed by atoms with E-state index in [1.165, 1.54) is 18.4 Å². The second-order valence-electron chi connectivity index (χ2n) is 4.18. The summed E-state index contributed by atoms with van der Waals surface area (Å²) in [5, 5.41) is 13.8. The summed E-state index contributed by atoms with van der Waals surface area (Å²) < 4.78 is 18.5. The molecule has 2 aromatic rings. The van der Waals surface area contributed by atoms with E-state index in [0.717, 1.165) is 6.07 Å². The van der Waals surface area contributed by atoms with E-state index >= 15 is 0 Å². The van der Waals surface area contributed by atoms with Crippen LogP contribution in [-0.2, 0) is 6.42 Å². The summed E-state index contributed by atoms with van der Waals surface area (Å²) in [6.07, 6.45) is 2.02. The van der Waals surface area contributed by atoms with Crippen LogP contribution in [0.3, 0.4) is 0 Å². The molecule has 0 radical (unpaired) electrons. The fraction of sp³-hybridized carbons (Fsp3) is 0.143. The summed E-state index contributed by atoms with van der Waals surface area (Å²) in [5.41, 5.74) is -0.670. The van der Waals surface area contributed by atoms with E-state index in [1.54, 1.807) is 12.1 Å². The van der Waals surface area contributed by atoms with Crippen LogP contribution in [0.2, 0.25) is 0 Å². The Labute approximate surface area is 119 Å². The van der Waals surface area contributed by atoms with E-state index < -0.39 is 23.4 Å². The summed E-state index contributed by atoms with van der Waals surface area (Å²) in [5.74, 6) is -1.64. The van der Waals surface area contributed by atoms with Crippen LogP contribution in [0.5, 0.6) is 0 Å². The van der Waals surface area contributed by atoms with Gasteiger partial charge in [-0.1, -0.05) is 6.07 Å². The van der Waals surface area contributed by atoms with Gasteiger partial charge in [-0.25, -0.2) is 14.0 Å². The van der Waals surface area contributed by atoms with Crippen LogP contribution in [0.15, 0.2) is 41.0 Å². The Morgan fingerprint density at radius 1 is 1.24 bits per heavy atom. The molecule has 0 spiro atoms. The van der Waals surface area contributed by atoms with Crippen LogP contribution in [0.1, 0.15) is 16.1 Å². The SMILES string of the molecule is O=C(NCCc1ccco1)Nc1cccc(F)c1C(=O)O. The molecule has 1 aromatic carbocycles. The lowest BCUT2D eigenvalue weighted by Crippen LogP contribution is -2.31. The summed E-state index contributed by atoms with van der Waals surface area (Å²) in [6, 6.07) is 6.55. The number of halogens is 1. The number of hydrogen-bond donors (Lipinski definition) is 3. The van der Waals surface area contributed by atoms with Gasteiger partial charge < -0.3 is 20.2 Å². The molecule has 0 bridgehead atoms. The number of carboxylic acid groups (broad SMARTS) is 1. The fourth-order valence-corrected chi connectivity index (χ4v) is 1.77. The van der Waals surface area contributed by atoms with Gasteiger partial charge >= 0.3 is 12.0 Å². The normalized spacial score (nSPS) is 10.1. The minimum absolute atomic E-state index is 0.0991. The maximum absolute atomic E-state index is 13.4. The van der Waals surface area contributed by atoms with Crippen molar-refractivity contribution in [3.8, 4) is 0 Å². The lowest BCUT2D eigenvalue weighted by Gasteiger charge is -2.10. The second kappa shape index (κ2) is 6.56. The number of urea groups is 1. The summed E-state index contributed by atoms with van der Waals surface area (Å²) in [7, 11) is 0. The second-order valence-corrected chi connectivity index (χ2v) is 4.18. The zero-order valence-electron chi connectivity index (χ0n) is 10.9. The first-order valence-corrected chi connectivity index (χ1v) is 6.17. The molecular weight excluding hydrogens is 279 g/mol. The number of carboxylic acids is 1. The predicted octanol–water partition coefficient (Wildman–Crippen LogP) is 2.48. The van der Waals surface area contributed by atoms with Crippen molar-refractivity contribution in [3.63, 3.8) is 0 Å². The topological polar surface area (TPSA) is 91.6 Å². The molecule has 110 valence electrons. The van der Waals surface area contributed by atoms with Gasteiger partial charge in [-0.2, -0.15) is 0 Å². The van der Waals surface area contributed by atoms with Gasteiger partial charge in [-0.3, -0.25) is 0 Å². The summed E-state index contributed by atoms with van der Waals surface area (Å²) in [6.45, 7) is 0.303. The lowest BCUT2D eigenvalue weighted by molar-refractivity contribution is 0.0693. The number of aromatic carboxylic acids is 1. The molecule has 0 saturated carbocycles. The molecule has 0 atom stereocenters. The van der Waals surface area contributed by atoms with Crippen molar-refractivity contribution in [2.45, 2.75) is 6.42 Å². The van der Waals surface area contributed by atoms with Crippen LogP contribution in [0, 0.1) is 5.82 Å². The van der Waals surface area contributed by atoms with Crippen molar-refractivity contribution in [2.75, 3.05) is 11.9 Å². The Bertz CT molecular complexity index is 640. The Morgan fingerprint density at radius 3 is 2.71 bits per heavy atom. The van der Waals surface area contributed by atoms with Crippen molar-refractivity contribution in [3.05, 3.63) is 53.7 Å². The van der Waals surface area contributed by atoms with Crippen LogP contribution >= 0.6 is 0 Å². The van der Waals surface area contributed by atoms with Gasteiger partial charge in [0.15, 0.2) is 0 Å². The average molecular weight is 292 g/mol. The molecule has 0 aliphatic rings. The van der Waals surface area contributed by atoms with Crippen molar-refractivity contribution < 1.29 is 23.5 Å². The average Bonchev–Trinajstić information content (AvgIpc) is 2.91. The highest BCUT2D eigenvalue weighted by Gasteiger charge is 2.17. The molecule has 21 heavy (non-hydrogen) atoms. The fourth-order valence-electron chi connectivity index (χ4n) is 1.77. The van der Waals surface area contributed by atoms with Gasteiger partial charge in [0, 0.05) is 13.0 Å². The monoisotopic (exact) mass is 292 g/mol. The maximum atomic E-state index is 13.4. The molecule has 6 nitrogen and oxygen atoms in total. The van der Waals surface area contributed by atoms with Gasteiger partial charge in [0.05, 0.1) is 12.0 Å². The minimum atomic E-state index is -1.45. The maximum Gasteiger partial charge on any atom is 0.340 e. The van der Waals surface area contributed by atoms with Gasteiger partial charge in [-0.05, 0) is 24.3 Å². The quantitative estimate of drug-likeness (QED) is 0.789. The zero-order valence-corrected chi connectivity index (χ0v) is 10.9. The van der Waals surface area contributed by atoms with Gasteiger partial charge in [0.2, 0.25) is 0 Å². The molecule has 1 heterocycles. The number of nitrogens with one attached hydrogen (secondary N) is 2. The van der Waals surface area contributed by atoms with Gasteiger partial charge in [0.1, 0.15) is 17.1 Å². The van der Waals surface area contributed by atoms with Crippen LogP contribution in [0.25, 0.3) is 0 Å². The lowest BCUT2D eigenvalue weighted by atomic mass is 10.1. The third-order valence-corrected chi connectivity index (χ3v) is 2.71. The number of hydrogen-bond acceptors (Lipinski definition) is 3. The molecule has 0 aliphatic carbocycles. The standard InChI is InChI=1S/C14H13FN2O4/c15-10-4-1-5-11(12(10)13(18)19)17-14(20)16-7-6-9-3-2-8-21-9/h1-5,8H,6-7H2,(H,18,19)(H2,16,17,20).